The van der Waals surface area contributed by atoms with E-state index < -0.39 is 5.60 Å². The number of hydrogen-bond acceptors (Lipinski definition) is 4. The van der Waals surface area contributed by atoms with Crippen LogP contribution in [0.4, 0.5) is 0 Å². The molecule has 0 aromatic heterocycles. The van der Waals surface area contributed by atoms with Crippen LogP contribution in [0.1, 0.15) is 44.0 Å². The highest BCUT2D eigenvalue weighted by Crippen LogP contribution is 2.38. The van der Waals surface area contributed by atoms with Crippen molar-refractivity contribution in [3.63, 3.8) is 0 Å². The van der Waals surface area contributed by atoms with Crippen molar-refractivity contribution in [1.29, 1.82) is 0 Å². The van der Waals surface area contributed by atoms with Crippen molar-refractivity contribution in [2.45, 2.75) is 39.2 Å². The standard InChI is InChI=1S/C18H25NO4/c1-17(2)11-19(12-18(17,3)22)16(21)10-9-15(20)13-5-7-14(23-4)8-6-13/h5-8,22H,9-12H2,1-4H3/t18-/m1/s1. The van der Waals surface area contributed by atoms with Gasteiger partial charge in [0.15, 0.2) is 5.78 Å². The summed E-state index contributed by atoms with van der Waals surface area (Å²) in [7, 11) is 1.57. The summed E-state index contributed by atoms with van der Waals surface area (Å²) in [6, 6.07) is 6.87. The number of nitrogens with zero attached hydrogens (tertiary/aromatic N) is 1. The Hall–Kier alpha value is -1.88. The van der Waals surface area contributed by atoms with Crippen LogP contribution >= 0.6 is 0 Å². The van der Waals surface area contributed by atoms with E-state index in [4.69, 9.17) is 4.74 Å². The number of carbonyl (C=O) groups is 2. The third-order valence-corrected chi connectivity index (χ3v) is 4.87. The van der Waals surface area contributed by atoms with E-state index in [1.165, 1.54) is 0 Å². The number of carbonyl (C=O) groups excluding carboxylic acids is 2. The van der Waals surface area contributed by atoms with Crippen LogP contribution in [-0.4, -0.2) is 47.5 Å². The van der Waals surface area contributed by atoms with Crippen LogP contribution in [0.2, 0.25) is 0 Å². The number of aliphatic hydroxyl groups is 1. The van der Waals surface area contributed by atoms with Crippen molar-refractivity contribution >= 4 is 11.7 Å². The van der Waals surface area contributed by atoms with Gasteiger partial charge in [-0.1, -0.05) is 13.8 Å². The van der Waals surface area contributed by atoms with Crippen LogP contribution in [-0.2, 0) is 4.79 Å². The Morgan fingerprint density at radius 1 is 1.13 bits per heavy atom. The number of likely N-dealkylation sites (tertiary alicyclic amines) is 1. The van der Waals surface area contributed by atoms with Crippen molar-refractivity contribution < 1.29 is 19.4 Å². The lowest BCUT2D eigenvalue weighted by molar-refractivity contribution is -0.131. The molecule has 1 amide bonds. The van der Waals surface area contributed by atoms with Gasteiger partial charge in [-0.2, -0.15) is 0 Å². The average molecular weight is 319 g/mol. The summed E-state index contributed by atoms with van der Waals surface area (Å²) in [6.45, 7) is 6.47. The van der Waals surface area contributed by atoms with E-state index in [1.54, 1.807) is 43.2 Å². The average Bonchev–Trinajstić information content (AvgIpc) is 2.73. The van der Waals surface area contributed by atoms with Crippen LogP contribution in [0, 0.1) is 5.41 Å². The molecule has 1 aliphatic rings. The lowest BCUT2D eigenvalue weighted by Crippen LogP contribution is -2.40. The van der Waals surface area contributed by atoms with Crippen LogP contribution < -0.4 is 4.74 Å². The molecule has 5 nitrogen and oxygen atoms in total. The number of Topliss-reactive ketones (excluding diaryl/α,β-unsaturated/α-hetero) is 1. The number of rotatable bonds is 5. The van der Waals surface area contributed by atoms with Gasteiger partial charge in [-0.25, -0.2) is 0 Å². The molecule has 0 aliphatic carbocycles. The van der Waals surface area contributed by atoms with Crippen molar-refractivity contribution in [3.8, 4) is 5.75 Å². The lowest BCUT2D eigenvalue weighted by Gasteiger charge is -2.30. The maximum Gasteiger partial charge on any atom is 0.223 e. The molecular weight excluding hydrogens is 294 g/mol. The van der Waals surface area contributed by atoms with Gasteiger partial charge in [0.05, 0.1) is 12.7 Å². The highest BCUT2D eigenvalue weighted by atomic mass is 16.5. The minimum absolute atomic E-state index is 0.0637. The molecule has 1 aromatic rings. The van der Waals surface area contributed by atoms with Crippen molar-refractivity contribution in [2.24, 2.45) is 5.41 Å². The van der Waals surface area contributed by atoms with E-state index in [0.29, 0.717) is 24.4 Å². The van der Waals surface area contributed by atoms with Crippen molar-refractivity contribution in [2.75, 3.05) is 20.2 Å². The molecule has 0 radical (unpaired) electrons. The van der Waals surface area contributed by atoms with Gasteiger partial charge < -0.3 is 14.7 Å². The van der Waals surface area contributed by atoms with Gasteiger partial charge in [-0.05, 0) is 31.2 Å². The van der Waals surface area contributed by atoms with Gasteiger partial charge in [0, 0.05) is 36.9 Å². The van der Waals surface area contributed by atoms with Crippen LogP contribution in [0.5, 0.6) is 5.75 Å². The number of hydrogen-bond donors (Lipinski definition) is 1. The molecule has 1 fully saturated rings. The summed E-state index contributed by atoms with van der Waals surface area (Å²) in [4.78, 5) is 26.1. The van der Waals surface area contributed by atoms with Crippen LogP contribution in [0.3, 0.4) is 0 Å². The van der Waals surface area contributed by atoms with E-state index >= 15 is 0 Å². The molecule has 1 N–H and O–H groups in total. The SMILES string of the molecule is COc1ccc(C(=O)CCC(=O)N2CC(C)(C)[C@](C)(O)C2)cc1. The van der Waals surface area contributed by atoms with Gasteiger partial charge in [0.1, 0.15) is 5.75 Å². The maximum absolute atomic E-state index is 12.3. The smallest absolute Gasteiger partial charge is 0.223 e. The number of methoxy groups -OCH3 is 1. The largest absolute Gasteiger partial charge is 0.497 e. The Morgan fingerprint density at radius 3 is 2.22 bits per heavy atom. The second-order valence-corrected chi connectivity index (χ2v) is 7.06. The first kappa shape index (κ1) is 17.5. The normalized spacial score (nSPS) is 22.9. The molecule has 2 rings (SSSR count). The van der Waals surface area contributed by atoms with Crippen molar-refractivity contribution in [3.05, 3.63) is 29.8 Å². The van der Waals surface area contributed by atoms with Gasteiger partial charge in [-0.3, -0.25) is 9.59 Å². The first-order valence-corrected chi connectivity index (χ1v) is 7.84. The zero-order valence-corrected chi connectivity index (χ0v) is 14.3. The molecule has 5 heteroatoms. The fourth-order valence-electron chi connectivity index (χ4n) is 2.77. The van der Waals surface area contributed by atoms with E-state index in [0.717, 1.165) is 0 Å². The summed E-state index contributed by atoms with van der Waals surface area (Å²) in [5, 5.41) is 10.4. The molecule has 1 aliphatic heterocycles. The number of benzene rings is 1. The lowest BCUT2D eigenvalue weighted by atomic mass is 9.79. The van der Waals surface area contributed by atoms with Gasteiger partial charge in [-0.15, -0.1) is 0 Å². The molecule has 23 heavy (non-hydrogen) atoms. The molecule has 0 bridgehead atoms. The predicted molar refractivity (Wildman–Crippen MR) is 87.5 cm³/mol. The molecule has 0 spiro atoms. The third-order valence-electron chi connectivity index (χ3n) is 4.87. The second-order valence-electron chi connectivity index (χ2n) is 7.06. The minimum atomic E-state index is -0.900. The number of β-amino-alcohol motifs (C(OH)–C–C–N with tert-alkyl or cyclic N) is 1. The summed E-state index contributed by atoms with van der Waals surface area (Å²) in [5.74, 6) is 0.545. The number of ether oxygens (including phenoxy) is 1. The van der Waals surface area contributed by atoms with Crippen LogP contribution in [0.25, 0.3) is 0 Å². The molecule has 1 atom stereocenters. The third kappa shape index (κ3) is 3.72. The Kier molecular flexibility index (Phi) is 4.80. The highest BCUT2D eigenvalue weighted by Gasteiger charge is 2.48. The van der Waals surface area contributed by atoms with Gasteiger partial charge in [0.25, 0.3) is 0 Å². The topological polar surface area (TPSA) is 66.8 Å². The Balaban J connectivity index is 1.90. The predicted octanol–water partition coefficient (Wildman–Crippen LogP) is 2.28. The fraction of sp³-hybridized carbons (Fsp3) is 0.556. The number of amides is 1. The van der Waals surface area contributed by atoms with E-state index in [9.17, 15) is 14.7 Å². The second kappa shape index (κ2) is 6.32. The molecule has 1 aromatic carbocycles. The van der Waals surface area contributed by atoms with Gasteiger partial charge >= 0.3 is 0 Å². The first-order chi connectivity index (χ1) is 10.7. The summed E-state index contributed by atoms with van der Waals surface area (Å²) in [5.41, 5.74) is -0.668. The maximum atomic E-state index is 12.3. The molecule has 1 heterocycles. The molecule has 0 unspecified atom stereocenters. The summed E-state index contributed by atoms with van der Waals surface area (Å²) < 4.78 is 5.06. The monoisotopic (exact) mass is 319 g/mol. The highest BCUT2D eigenvalue weighted by molar-refractivity contribution is 5.98. The Bertz CT molecular complexity index is 574. The minimum Gasteiger partial charge on any atom is -0.497 e. The quantitative estimate of drug-likeness (QED) is 0.846. The molecule has 1 saturated heterocycles. The van der Waals surface area contributed by atoms with Crippen LogP contribution in [0.15, 0.2) is 24.3 Å². The Morgan fingerprint density at radius 2 is 1.74 bits per heavy atom. The zero-order chi connectivity index (χ0) is 17.3. The van der Waals surface area contributed by atoms with E-state index in [-0.39, 0.29) is 29.9 Å². The van der Waals surface area contributed by atoms with Crippen molar-refractivity contribution in [1.82, 2.24) is 4.90 Å². The van der Waals surface area contributed by atoms with Gasteiger partial charge in [0.2, 0.25) is 5.91 Å². The summed E-state index contributed by atoms with van der Waals surface area (Å²) >= 11 is 0. The summed E-state index contributed by atoms with van der Waals surface area (Å²) in [6.07, 6.45) is 0.335. The number of ketones is 1. The molecule has 0 saturated carbocycles. The Labute approximate surface area is 137 Å². The van der Waals surface area contributed by atoms with E-state index in [2.05, 4.69) is 0 Å². The van der Waals surface area contributed by atoms with E-state index in [1.807, 2.05) is 13.8 Å². The zero-order valence-electron chi connectivity index (χ0n) is 14.3. The molecule has 126 valence electrons. The first-order valence-electron chi connectivity index (χ1n) is 7.84. The molecular formula is C18H25NO4. The fourth-order valence-corrected chi connectivity index (χ4v) is 2.77.